The average Bonchev–Trinajstić information content (AvgIpc) is 1.60. The van der Waals surface area contributed by atoms with Crippen LogP contribution in [0.3, 0.4) is 0 Å². The molecule has 92 heavy (non-hydrogen) atoms. The third kappa shape index (κ3) is 21.8. The van der Waals surface area contributed by atoms with Crippen molar-refractivity contribution in [3.8, 4) is 33.9 Å². The number of ketones is 2. The van der Waals surface area contributed by atoms with Crippen molar-refractivity contribution in [1.82, 2.24) is 20.1 Å². The predicted octanol–water partition coefficient (Wildman–Crippen LogP) is 6.69. The lowest BCUT2D eigenvalue weighted by molar-refractivity contribution is -0.140. The molecule has 5 aromatic rings. The molecule has 1 saturated heterocycles. The summed E-state index contributed by atoms with van der Waals surface area (Å²) in [4.78, 5) is 102. The van der Waals surface area contributed by atoms with Crippen molar-refractivity contribution in [3.05, 3.63) is 131 Å². The van der Waals surface area contributed by atoms with Crippen molar-refractivity contribution in [2.75, 3.05) is 99.0 Å². The van der Waals surface area contributed by atoms with Crippen LogP contribution in [0.25, 0.3) is 22.4 Å². The summed E-state index contributed by atoms with van der Waals surface area (Å²) in [6, 6.07) is 26.2. The van der Waals surface area contributed by atoms with Crippen molar-refractivity contribution in [1.29, 1.82) is 0 Å². The van der Waals surface area contributed by atoms with Crippen LogP contribution in [-0.2, 0) is 65.4 Å². The molecular weight excluding hydrogens is 1200 g/mol. The maximum absolute atomic E-state index is 14.7. The number of hydrogen-bond acceptors (Lipinski definition) is 18. The van der Waals surface area contributed by atoms with Crippen LogP contribution in [0.2, 0.25) is 0 Å². The van der Waals surface area contributed by atoms with Crippen LogP contribution in [0.4, 0.5) is 4.39 Å². The molecule has 23 nitrogen and oxygen atoms in total. The van der Waals surface area contributed by atoms with Gasteiger partial charge in [-0.05, 0) is 103 Å². The van der Waals surface area contributed by atoms with Gasteiger partial charge in [-0.15, -0.1) is 0 Å². The molecule has 0 aliphatic carbocycles. The molecule has 3 heterocycles. The number of halogens is 1. The fourth-order valence-electron chi connectivity index (χ4n) is 10.7. The first-order valence-electron chi connectivity index (χ1n) is 31.1. The maximum atomic E-state index is 14.7. The molecule has 1 unspecified atom stereocenters. The second-order valence-corrected chi connectivity index (χ2v) is 22.4. The Hall–Kier alpha value is -8.07. The van der Waals surface area contributed by atoms with Gasteiger partial charge in [0.2, 0.25) is 17.7 Å². The number of benzene rings is 4. The molecule has 4 aromatic carbocycles. The Morgan fingerprint density at radius 3 is 1.88 bits per heavy atom. The second kappa shape index (κ2) is 37.4. The number of Topliss-reactive ketones (excluding diaryl/α,β-unsaturated/α-hetero) is 2. The number of carbonyl (C=O) groups is 8. The van der Waals surface area contributed by atoms with E-state index in [9.17, 15) is 53.0 Å². The summed E-state index contributed by atoms with van der Waals surface area (Å²) in [5.41, 5.74) is 4.87. The van der Waals surface area contributed by atoms with Crippen LogP contribution in [0.15, 0.2) is 97.1 Å². The quantitative estimate of drug-likeness (QED) is 0.0154. The van der Waals surface area contributed by atoms with Crippen molar-refractivity contribution in [2.24, 2.45) is 0 Å². The number of aliphatic hydroxyl groups is 2. The standard InChI is InChI=1S/C68H83FN4O19/c1-45(2)64-63(61(47-9-4-3-5-10-47)65(48-17-19-49(69)20-18-48)72(64)27-25-50(74)42-52(76)43-60(80)81)56(77)41-46-15-21-53(22-16-46)91-40-39-90-38-37-89-36-35-88-34-33-87-32-31-86-30-29-85-28-26-70-58(78)14-7-6-11-51(75)44-92-57-13-8-12-54-62(57)68(84)73(67(54)83)55-23-24-59(79)71-66(55)82/h3-5,8-10,12-13,15-22,45,50,52,55,74,76H,6-7,11,14,23-44H2,1-2H3,(H,70,78)(H,80,81)(H,71,79,82)/t50-,52-,55?/m1/s1. The zero-order chi connectivity index (χ0) is 65.8. The number of carbonyl (C=O) groups excluding carboxylic acids is 7. The van der Waals surface area contributed by atoms with Crippen LogP contribution in [-0.4, -0.2) is 189 Å². The minimum absolute atomic E-state index is 0.00647. The van der Waals surface area contributed by atoms with E-state index in [4.69, 9.17) is 43.0 Å². The summed E-state index contributed by atoms with van der Waals surface area (Å²) < 4.78 is 61.3. The number of carboxylic acids is 1. The molecule has 1 fully saturated rings. The van der Waals surface area contributed by atoms with Gasteiger partial charge in [0.15, 0.2) is 11.6 Å². The Labute approximate surface area is 533 Å². The molecule has 1 aromatic heterocycles. The number of carboxylic acid groups (broad SMARTS) is 1. The zero-order valence-electron chi connectivity index (χ0n) is 52.1. The molecule has 2 aliphatic heterocycles. The summed E-state index contributed by atoms with van der Waals surface area (Å²) in [6.45, 7) is 8.85. The summed E-state index contributed by atoms with van der Waals surface area (Å²) in [7, 11) is 0. The molecule has 0 bridgehead atoms. The number of nitrogens with zero attached hydrogens (tertiary/aromatic N) is 2. The van der Waals surface area contributed by atoms with E-state index in [2.05, 4.69) is 10.6 Å². The molecular formula is C68H83FN4O19. The molecule has 2 aliphatic rings. The number of nitrogens with one attached hydrogen (secondary N) is 2. The number of piperidine rings is 1. The lowest BCUT2D eigenvalue weighted by atomic mass is 9.90. The molecule has 7 rings (SSSR count). The molecule has 5 amide bonds. The first-order valence-corrected chi connectivity index (χ1v) is 31.1. The lowest BCUT2D eigenvalue weighted by Crippen LogP contribution is -2.54. The Morgan fingerprint density at radius 2 is 1.27 bits per heavy atom. The topological polar surface area (TPSA) is 303 Å². The Morgan fingerprint density at radius 1 is 0.663 bits per heavy atom. The smallest absolute Gasteiger partial charge is 0.305 e. The summed E-state index contributed by atoms with van der Waals surface area (Å²) in [5, 5.41) is 35.3. The van der Waals surface area contributed by atoms with Crippen LogP contribution < -0.4 is 20.1 Å². The monoisotopic (exact) mass is 1280 g/mol. The van der Waals surface area contributed by atoms with Gasteiger partial charge >= 0.3 is 5.97 Å². The number of amides is 5. The first-order chi connectivity index (χ1) is 44.5. The van der Waals surface area contributed by atoms with Gasteiger partial charge in [0.1, 0.15) is 36.6 Å². The van der Waals surface area contributed by atoms with Gasteiger partial charge in [-0.1, -0.05) is 62.4 Å². The van der Waals surface area contributed by atoms with Crippen LogP contribution in [0.1, 0.15) is 120 Å². The van der Waals surface area contributed by atoms with Gasteiger partial charge in [-0.3, -0.25) is 48.6 Å². The molecule has 0 saturated carbocycles. The van der Waals surface area contributed by atoms with E-state index in [1.807, 2.05) is 60.9 Å². The highest BCUT2D eigenvalue weighted by molar-refractivity contribution is 6.24. The van der Waals surface area contributed by atoms with Gasteiger partial charge in [-0.25, -0.2) is 4.39 Å². The number of fused-ring (bicyclic) bond motifs is 1. The number of imide groups is 2. The molecule has 5 N–H and O–H groups in total. The number of aliphatic hydroxyl groups excluding tert-OH is 2. The second-order valence-electron chi connectivity index (χ2n) is 22.4. The highest BCUT2D eigenvalue weighted by Gasteiger charge is 2.46. The molecule has 0 radical (unpaired) electrons. The average molecular weight is 1280 g/mol. The van der Waals surface area contributed by atoms with Crippen molar-refractivity contribution in [2.45, 2.75) is 109 Å². The van der Waals surface area contributed by atoms with Crippen molar-refractivity contribution >= 4 is 47.1 Å². The van der Waals surface area contributed by atoms with E-state index in [0.717, 1.165) is 21.7 Å². The fourth-order valence-corrected chi connectivity index (χ4v) is 10.7. The minimum Gasteiger partial charge on any atom is -0.491 e. The van der Waals surface area contributed by atoms with Crippen LogP contribution in [0, 0.1) is 5.82 Å². The SMILES string of the molecule is CC(C)c1c(C(=O)Cc2ccc(OCCOCCOCCOCCOCCOCCOCCNC(=O)CCCCC(=O)COc3cccc4c3C(=O)N(C3CCC(=O)NC3=O)C4=O)cc2)c(-c2ccccc2)c(-c2ccc(F)cc2)n1CC[C@@H](O)C[C@@H](O)CC(=O)O. The third-order valence-corrected chi connectivity index (χ3v) is 15.1. The Bertz CT molecular complexity index is 3250. The van der Waals surface area contributed by atoms with Crippen molar-refractivity contribution in [3.63, 3.8) is 0 Å². The first kappa shape index (κ1) is 71.4. The largest absolute Gasteiger partial charge is 0.491 e. The summed E-state index contributed by atoms with van der Waals surface area (Å²) >= 11 is 0. The Balaban J connectivity index is 0.676. The van der Waals surface area contributed by atoms with E-state index in [0.29, 0.717) is 133 Å². The van der Waals surface area contributed by atoms with Gasteiger partial charge in [0.25, 0.3) is 11.8 Å². The van der Waals surface area contributed by atoms with E-state index >= 15 is 0 Å². The summed E-state index contributed by atoms with van der Waals surface area (Å²) in [6.07, 6.45) is -1.37. The fraction of sp³-hybridized carbons (Fsp3) is 0.471. The normalized spacial score (nSPS) is 14.5. The van der Waals surface area contributed by atoms with Gasteiger partial charge < -0.3 is 63.1 Å². The number of unbranched alkanes of at least 4 members (excludes halogenated alkanes) is 1. The summed E-state index contributed by atoms with van der Waals surface area (Å²) in [5.74, 6) is -4.25. The van der Waals surface area contributed by atoms with Crippen molar-refractivity contribution < 1.29 is 96.0 Å². The zero-order valence-corrected chi connectivity index (χ0v) is 52.1. The molecule has 0 spiro atoms. The lowest BCUT2D eigenvalue weighted by Gasteiger charge is -2.27. The molecule has 24 heteroatoms. The number of rotatable bonds is 44. The third-order valence-electron chi connectivity index (χ3n) is 15.1. The number of ether oxygens (including phenoxy) is 8. The highest BCUT2D eigenvalue weighted by atomic mass is 19.1. The van der Waals surface area contributed by atoms with E-state index < -0.39 is 60.1 Å². The number of aromatic nitrogens is 1. The van der Waals surface area contributed by atoms with Gasteiger partial charge in [0, 0.05) is 55.6 Å². The Kier molecular flexibility index (Phi) is 29.0. The van der Waals surface area contributed by atoms with E-state index in [-0.39, 0.29) is 98.4 Å². The van der Waals surface area contributed by atoms with E-state index in [1.54, 1.807) is 24.3 Å². The maximum Gasteiger partial charge on any atom is 0.305 e. The predicted molar refractivity (Wildman–Crippen MR) is 333 cm³/mol. The highest BCUT2D eigenvalue weighted by Crippen LogP contribution is 2.43. The van der Waals surface area contributed by atoms with Gasteiger partial charge in [-0.2, -0.15) is 0 Å². The van der Waals surface area contributed by atoms with Crippen LogP contribution in [0.5, 0.6) is 11.5 Å². The number of hydrogen-bond donors (Lipinski definition) is 5. The van der Waals surface area contributed by atoms with E-state index in [1.165, 1.54) is 30.3 Å². The minimum atomic E-state index is -1.23. The molecule has 496 valence electrons. The van der Waals surface area contributed by atoms with Gasteiger partial charge in [0.05, 0.1) is 115 Å². The number of aliphatic carboxylic acids is 1. The van der Waals surface area contributed by atoms with Crippen LogP contribution >= 0.6 is 0 Å². The molecule has 3 atom stereocenters.